The quantitative estimate of drug-likeness (QED) is 0.795. The van der Waals surface area contributed by atoms with Gasteiger partial charge in [0.25, 0.3) is 0 Å². The van der Waals surface area contributed by atoms with E-state index in [1.54, 1.807) is 0 Å². The molecule has 0 heterocycles. The summed E-state index contributed by atoms with van der Waals surface area (Å²) < 4.78 is 0. The van der Waals surface area contributed by atoms with Crippen molar-refractivity contribution in [1.82, 2.24) is 5.32 Å². The van der Waals surface area contributed by atoms with Gasteiger partial charge >= 0.3 is 0 Å². The summed E-state index contributed by atoms with van der Waals surface area (Å²) >= 11 is 0. The Labute approximate surface area is 111 Å². The third kappa shape index (κ3) is 5.10. The molecule has 17 heavy (non-hydrogen) atoms. The molecule has 1 nitrogen and oxygen atoms in total. The number of aryl methyl sites for hydroxylation is 1. The largest absolute Gasteiger partial charge is 0.310 e. The minimum atomic E-state index is 0. The highest BCUT2D eigenvalue weighted by molar-refractivity contribution is 5.85. The Morgan fingerprint density at radius 2 is 1.59 bits per heavy atom. The molecule has 1 aliphatic rings. The predicted octanol–water partition coefficient (Wildman–Crippen LogP) is 4.23. The normalized spacial score (nSPS) is 17.2. The fourth-order valence-corrected chi connectivity index (χ4v) is 2.45. The van der Waals surface area contributed by atoms with Crippen LogP contribution in [0.1, 0.15) is 49.7 Å². The van der Waals surface area contributed by atoms with Gasteiger partial charge in [0.1, 0.15) is 0 Å². The van der Waals surface area contributed by atoms with E-state index in [1.165, 1.54) is 49.7 Å². The van der Waals surface area contributed by atoms with Crippen LogP contribution >= 0.6 is 12.4 Å². The summed E-state index contributed by atoms with van der Waals surface area (Å²) in [6, 6.07) is 9.62. The lowest BCUT2D eigenvalue weighted by Crippen LogP contribution is -2.27. The van der Waals surface area contributed by atoms with Crippen LogP contribution in [0.5, 0.6) is 0 Å². The van der Waals surface area contributed by atoms with Crippen molar-refractivity contribution in [2.45, 2.75) is 58.0 Å². The molecule has 2 heteroatoms. The standard InChI is InChI=1S/C15H23N.ClH/c1-13-8-10-14(11-9-13)12-16-15-6-4-2-3-5-7-15;/h8-11,15-16H,2-7,12H2,1H3;1H. The molecule has 1 fully saturated rings. The zero-order valence-corrected chi connectivity index (χ0v) is 11.6. The number of halogens is 1. The van der Waals surface area contributed by atoms with Crippen molar-refractivity contribution in [3.63, 3.8) is 0 Å². The molecule has 0 aliphatic heterocycles. The van der Waals surface area contributed by atoms with E-state index in [9.17, 15) is 0 Å². The second-order valence-corrected chi connectivity index (χ2v) is 5.05. The first-order chi connectivity index (χ1) is 7.84. The number of hydrogen-bond donors (Lipinski definition) is 1. The van der Waals surface area contributed by atoms with Crippen LogP contribution in [0.25, 0.3) is 0 Å². The summed E-state index contributed by atoms with van der Waals surface area (Å²) in [5, 5.41) is 3.70. The van der Waals surface area contributed by atoms with Crippen LogP contribution in [0.2, 0.25) is 0 Å². The molecule has 0 unspecified atom stereocenters. The minimum absolute atomic E-state index is 0. The van der Waals surface area contributed by atoms with Crippen molar-refractivity contribution in [1.29, 1.82) is 0 Å². The Hall–Kier alpha value is -0.530. The van der Waals surface area contributed by atoms with Gasteiger partial charge in [0.05, 0.1) is 0 Å². The molecule has 1 aliphatic carbocycles. The van der Waals surface area contributed by atoms with Gasteiger partial charge in [0.2, 0.25) is 0 Å². The maximum Gasteiger partial charge on any atom is 0.0208 e. The highest BCUT2D eigenvalue weighted by Crippen LogP contribution is 2.17. The second kappa shape index (κ2) is 7.73. The van der Waals surface area contributed by atoms with Crippen LogP contribution in [0.3, 0.4) is 0 Å². The molecule has 1 aromatic rings. The first kappa shape index (κ1) is 14.5. The number of rotatable bonds is 3. The maximum atomic E-state index is 3.70. The van der Waals surface area contributed by atoms with E-state index in [-0.39, 0.29) is 12.4 Å². The van der Waals surface area contributed by atoms with Gasteiger partial charge in [-0.05, 0) is 25.3 Å². The molecule has 0 saturated heterocycles. The summed E-state index contributed by atoms with van der Waals surface area (Å²) in [6.07, 6.45) is 8.42. The highest BCUT2D eigenvalue weighted by Gasteiger charge is 2.10. The van der Waals surface area contributed by atoms with E-state index in [0.29, 0.717) is 0 Å². The number of hydrogen-bond acceptors (Lipinski definition) is 1. The first-order valence-corrected chi connectivity index (χ1v) is 6.63. The molecule has 1 saturated carbocycles. The Kier molecular flexibility index (Phi) is 6.61. The molecule has 0 amide bonds. The minimum Gasteiger partial charge on any atom is -0.310 e. The third-order valence-electron chi connectivity index (χ3n) is 3.57. The molecule has 0 radical (unpaired) electrons. The molecule has 0 bridgehead atoms. The van der Waals surface area contributed by atoms with Gasteiger partial charge in [-0.1, -0.05) is 55.5 Å². The van der Waals surface area contributed by atoms with Crippen molar-refractivity contribution >= 4 is 12.4 Å². The molecule has 2 rings (SSSR count). The number of nitrogens with one attached hydrogen (secondary N) is 1. The van der Waals surface area contributed by atoms with E-state index < -0.39 is 0 Å². The van der Waals surface area contributed by atoms with Crippen molar-refractivity contribution in [3.05, 3.63) is 35.4 Å². The van der Waals surface area contributed by atoms with E-state index in [1.807, 2.05) is 0 Å². The highest BCUT2D eigenvalue weighted by atomic mass is 35.5. The second-order valence-electron chi connectivity index (χ2n) is 5.05. The molecule has 1 N–H and O–H groups in total. The van der Waals surface area contributed by atoms with Crippen molar-refractivity contribution in [2.75, 3.05) is 0 Å². The van der Waals surface area contributed by atoms with Crippen LogP contribution in [-0.2, 0) is 6.54 Å². The van der Waals surface area contributed by atoms with Crippen molar-refractivity contribution in [3.8, 4) is 0 Å². The van der Waals surface area contributed by atoms with E-state index in [0.717, 1.165) is 12.6 Å². The summed E-state index contributed by atoms with van der Waals surface area (Å²) in [6.45, 7) is 3.17. The molecule has 0 spiro atoms. The van der Waals surface area contributed by atoms with E-state index in [4.69, 9.17) is 0 Å². The maximum absolute atomic E-state index is 3.70. The molecule has 96 valence electrons. The Morgan fingerprint density at radius 3 is 2.18 bits per heavy atom. The Bertz CT molecular complexity index is 299. The van der Waals surface area contributed by atoms with Gasteiger partial charge in [-0.25, -0.2) is 0 Å². The van der Waals surface area contributed by atoms with E-state index >= 15 is 0 Å². The average Bonchev–Trinajstić information content (AvgIpc) is 2.57. The molecular weight excluding hydrogens is 230 g/mol. The van der Waals surface area contributed by atoms with Gasteiger partial charge in [-0.3, -0.25) is 0 Å². The number of benzene rings is 1. The van der Waals surface area contributed by atoms with Gasteiger partial charge in [0, 0.05) is 12.6 Å². The fraction of sp³-hybridized carbons (Fsp3) is 0.600. The Balaban J connectivity index is 0.00000144. The smallest absolute Gasteiger partial charge is 0.0208 e. The van der Waals surface area contributed by atoms with Crippen LogP contribution in [0.15, 0.2) is 24.3 Å². The van der Waals surface area contributed by atoms with Gasteiger partial charge < -0.3 is 5.32 Å². The van der Waals surface area contributed by atoms with E-state index in [2.05, 4.69) is 36.5 Å². The molecular formula is C15H24ClN. The summed E-state index contributed by atoms with van der Waals surface area (Å²) in [7, 11) is 0. The lowest BCUT2D eigenvalue weighted by atomic mass is 10.1. The zero-order chi connectivity index (χ0) is 11.2. The predicted molar refractivity (Wildman–Crippen MR) is 76.8 cm³/mol. The van der Waals surface area contributed by atoms with Crippen LogP contribution in [-0.4, -0.2) is 6.04 Å². The lowest BCUT2D eigenvalue weighted by molar-refractivity contribution is 0.459. The summed E-state index contributed by atoms with van der Waals surface area (Å²) in [5.41, 5.74) is 2.76. The SMILES string of the molecule is Cc1ccc(CNC2CCCCCC2)cc1.Cl. The molecule has 1 aromatic carbocycles. The average molecular weight is 254 g/mol. The summed E-state index contributed by atoms with van der Waals surface area (Å²) in [4.78, 5) is 0. The topological polar surface area (TPSA) is 12.0 Å². The third-order valence-corrected chi connectivity index (χ3v) is 3.57. The van der Waals surface area contributed by atoms with Crippen molar-refractivity contribution in [2.24, 2.45) is 0 Å². The van der Waals surface area contributed by atoms with Crippen LogP contribution in [0.4, 0.5) is 0 Å². The van der Waals surface area contributed by atoms with Gasteiger partial charge in [0.15, 0.2) is 0 Å². The Morgan fingerprint density at radius 1 is 1.00 bits per heavy atom. The lowest BCUT2D eigenvalue weighted by Gasteiger charge is -2.16. The van der Waals surface area contributed by atoms with Gasteiger partial charge in [-0.15, -0.1) is 12.4 Å². The van der Waals surface area contributed by atoms with Crippen LogP contribution in [0, 0.1) is 6.92 Å². The van der Waals surface area contributed by atoms with Gasteiger partial charge in [-0.2, -0.15) is 0 Å². The monoisotopic (exact) mass is 253 g/mol. The molecule has 0 atom stereocenters. The zero-order valence-electron chi connectivity index (χ0n) is 10.7. The first-order valence-electron chi connectivity index (χ1n) is 6.63. The molecule has 0 aromatic heterocycles. The summed E-state index contributed by atoms with van der Waals surface area (Å²) in [5.74, 6) is 0. The fourth-order valence-electron chi connectivity index (χ4n) is 2.45. The van der Waals surface area contributed by atoms with Crippen LogP contribution < -0.4 is 5.32 Å². The van der Waals surface area contributed by atoms with Crippen molar-refractivity contribution < 1.29 is 0 Å².